The van der Waals surface area contributed by atoms with Crippen molar-refractivity contribution in [3.8, 4) is 66.8 Å². The van der Waals surface area contributed by atoms with Crippen molar-refractivity contribution in [3.63, 3.8) is 0 Å². The summed E-state index contributed by atoms with van der Waals surface area (Å²) in [5.74, 6) is 0. The molecule has 2 nitrogen and oxygen atoms in total. The van der Waals surface area contributed by atoms with Gasteiger partial charge in [0.15, 0.2) is 0 Å². The Morgan fingerprint density at radius 3 is 0.926 bits per heavy atom. The number of halogens is 1. The third kappa shape index (κ3) is 10.9. The molecule has 2 aliphatic carbocycles. The van der Waals surface area contributed by atoms with E-state index in [4.69, 9.17) is 0 Å². The minimum absolute atomic E-state index is 0.00997. The molecule has 392 valence electrons. The molecular formula is C78H63BrN2. The van der Waals surface area contributed by atoms with E-state index in [1.807, 2.05) is 12.1 Å². The molecule has 0 heterocycles. The van der Waals surface area contributed by atoms with Crippen LogP contribution in [0.2, 0.25) is 0 Å². The number of nitrogens with one attached hydrogen (secondary N) is 1. The highest BCUT2D eigenvalue weighted by Gasteiger charge is 2.36. The molecule has 0 bridgehead atoms. The second kappa shape index (κ2) is 22.8. The maximum Gasteiger partial charge on any atom is 0.0468 e. The summed E-state index contributed by atoms with van der Waals surface area (Å²) in [5, 5.41) is 3.46. The van der Waals surface area contributed by atoms with E-state index in [0.29, 0.717) is 0 Å². The Labute approximate surface area is 486 Å². The second-order valence-corrected chi connectivity index (χ2v) is 22.8. The van der Waals surface area contributed by atoms with Crippen molar-refractivity contribution in [1.29, 1.82) is 0 Å². The van der Waals surface area contributed by atoms with Crippen molar-refractivity contribution in [3.05, 3.63) is 330 Å². The first kappa shape index (κ1) is 52.4. The van der Waals surface area contributed by atoms with Crippen molar-refractivity contribution in [2.24, 2.45) is 0 Å². The van der Waals surface area contributed by atoms with Gasteiger partial charge >= 0.3 is 0 Å². The summed E-state index contributed by atoms with van der Waals surface area (Å²) >= 11 is 3.55. The van der Waals surface area contributed by atoms with Crippen LogP contribution in [0.1, 0.15) is 49.9 Å². The van der Waals surface area contributed by atoms with Crippen molar-refractivity contribution < 1.29 is 0 Å². The quantitative estimate of drug-likeness (QED) is 0.155. The topological polar surface area (TPSA) is 15.3 Å². The lowest BCUT2D eigenvalue weighted by atomic mass is 9.82. The molecule has 0 spiro atoms. The molecule has 81 heavy (non-hydrogen) atoms. The fraction of sp³-hybridized carbons (Fsp3) is 0.0769. The average Bonchev–Trinajstić information content (AvgIpc) is 4.15. The number of fused-ring (bicyclic) bond motifs is 6. The van der Waals surface area contributed by atoms with Gasteiger partial charge in [0.2, 0.25) is 0 Å². The second-order valence-electron chi connectivity index (χ2n) is 21.9. The van der Waals surface area contributed by atoms with Crippen LogP contribution in [0.15, 0.2) is 308 Å². The number of benzene rings is 12. The van der Waals surface area contributed by atoms with Gasteiger partial charge in [-0.15, -0.1) is 0 Å². The molecular weight excluding hydrogens is 1040 g/mol. The van der Waals surface area contributed by atoms with Gasteiger partial charge in [-0.05, 0) is 162 Å². The third-order valence-electron chi connectivity index (χ3n) is 16.1. The highest BCUT2D eigenvalue weighted by molar-refractivity contribution is 9.10. The SMILES string of the molecule is CC1(C)c2ccccc2-c2cc(Br)ccc21.CC1(C)c2ccccc2-c2cc(N(c3ccc(-c4ccccc4)cc3)c3ccc(-c4ccccc4)cc3)ccc21.c1ccc(-c2ccc(Nc3ccc(-c4ccccc4)cc3)cc2)cc1. The van der Waals surface area contributed by atoms with E-state index in [0.717, 1.165) is 32.9 Å². The zero-order valence-corrected chi connectivity index (χ0v) is 47.8. The fourth-order valence-corrected chi connectivity index (χ4v) is 12.1. The Morgan fingerprint density at radius 1 is 0.259 bits per heavy atom. The zero-order valence-electron chi connectivity index (χ0n) is 46.2. The zero-order chi connectivity index (χ0) is 55.3. The summed E-state index contributed by atoms with van der Waals surface area (Å²) in [5.41, 5.74) is 26.6. The van der Waals surface area contributed by atoms with Crippen LogP contribution in [-0.4, -0.2) is 0 Å². The van der Waals surface area contributed by atoms with Crippen LogP contribution >= 0.6 is 15.9 Å². The minimum atomic E-state index is -0.00997. The Bertz CT molecular complexity index is 3910. The van der Waals surface area contributed by atoms with Crippen LogP contribution in [0, 0.1) is 0 Å². The molecule has 3 heteroatoms. The molecule has 0 aromatic heterocycles. The summed E-state index contributed by atoms with van der Waals surface area (Å²) in [6, 6.07) is 108. The smallest absolute Gasteiger partial charge is 0.0468 e. The lowest BCUT2D eigenvalue weighted by molar-refractivity contribution is 0.660. The Balaban J connectivity index is 0.000000134. The van der Waals surface area contributed by atoms with Gasteiger partial charge in [-0.25, -0.2) is 0 Å². The molecule has 0 radical (unpaired) electrons. The molecule has 0 fully saturated rings. The molecule has 0 saturated heterocycles. The van der Waals surface area contributed by atoms with E-state index in [-0.39, 0.29) is 10.8 Å². The van der Waals surface area contributed by atoms with E-state index in [1.54, 1.807) is 0 Å². The average molecular weight is 1110 g/mol. The summed E-state index contributed by atoms with van der Waals surface area (Å²) in [6.45, 7) is 9.26. The first-order chi connectivity index (χ1) is 39.6. The Morgan fingerprint density at radius 2 is 0.543 bits per heavy atom. The van der Waals surface area contributed by atoms with Gasteiger partial charge in [0, 0.05) is 43.7 Å². The van der Waals surface area contributed by atoms with Crippen LogP contribution in [0.4, 0.5) is 28.4 Å². The van der Waals surface area contributed by atoms with Gasteiger partial charge in [-0.2, -0.15) is 0 Å². The van der Waals surface area contributed by atoms with Crippen molar-refractivity contribution in [1.82, 2.24) is 0 Å². The first-order valence-electron chi connectivity index (χ1n) is 27.9. The lowest BCUT2D eigenvalue weighted by Gasteiger charge is -2.27. The highest BCUT2D eigenvalue weighted by Crippen LogP contribution is 2.51. The highest BCUT2D eigenvalue weighted by atomic mass is 79.9. The van der Waals surface area contributed by atoms with E-state index >= 15 is 0 Å². The van der Waals surface area contributed by atoms with Crippen molar-refractivity contribution in [2.75, 3.05) is 10.2 Å². The van der Waals surface area contributed by atoms with Crippen molar-refractivity contribution >= 4 is 44.4 Å². The van der Waals surface area contributed by atoms with Crippen LogP contribution in [0.25, 0.3) is 66.8 Å². The molecule has 0 unspecified atom stereocenters. The first-order valence-corrected chi connectivity index (χ1v) is 28.7. The fourth-order valence-electron chi connectivity index (χ4n) is 11.8. The molecule has 14 rings (SSSR count). The molecule has 0 aliphatic heterocycles. The van der Waals surface area contributed by atoms with Crippen LogP contribution in [0.5, 0.6) is 0 Å². The summed E-state index contributed by atoms with van der Waals surface area (Å²) in [7, 11) is 0. The standard InChI is InChI=1S/C39H31N.C24H19N.C15H13Br/c1-39(2)37-16-10-9-15-35(37)36-27-34(25-26-38(36)39)40(32-21-17-30(18-22-32)28-11-5-3-6-12-28)33-23-19-31(20-24-33)29-13-7-4-8-14-29;1-3-7-19(8-4-1)21-11-15-23(16-12-21)25-24-17-13-22(14-18-24)20-9-5-2-6-10-20;1-15(2)13-6-4-3-5-11(13)12-9-10(16)7-8-14(12)15/h3-27H,1-2H3;1-18,25H;3-9H,1-2H3. The molecule has 0 saturated carbocycles. The largest absolute Gasteiger partial charge is 0.356 e. The van der Waals surface area contributed by atoms with Gasteiger partial charge in [0.1, 0.15) is 0 Å². The predicted octanol–water partition coefficient (Wildman–Crippen LogP) is 22.3. The van der Waals surface area contributed by atoms with Gasteiger partial charge in [-0.3, -0.25) is 0 Å². The van der Waals surface area contributed by atoms with Crippen LogP contribution in [0.3, 0.4) is 0 Å². The van der Waals surface area contributed by atoms with Gasteiger partial charge in [0.05, 0.1) is 0 Å². The molecule has 1 N–H and O–H groups in total. The number of anilines is 5. The van der Waals surface area contributed by atoms with E-state index in [9.17, 15) is 0 Å². The van der Waals surface area contributed by atoms with Gasteiger partial charge in [0.25, 0.3) is 0 Å². The number of hydrogen-bond donors (Lipinski definition) is 1. The van der Waals surface area contributed by atoms with Crippen LogP contribution < -0.4 is 10.2 Å². The van der Waals surface area contributed by atoms with E-state index < -0.39 is 0 Å². The summed E-state index contributed by atoms with van der Waals surface area (Å²) in [6.07, 6.45) is 0. The number of nitrogens with zero attached hydrogens (tertiary/aromatic N) is 1. The monoisotopic (exact) mass is 1110 g/mol. The number of hydrogen-bond acceptors (Lipinski definition) is 2. The molecule has 0 amide bonds. The molecule has 12 aromatic carbocycles. The minimum Gasteiger partial charge on any atom is -0.356 e. The normalized spacial score (nSPS) is 12.7. The Hall–Kier alpha value is -9.28. The molecule has 2 aliphatic rings. The van der Waals surface area contributed by atoms with Crippen molar-refractivity contribution in [2.45, 2.75) is 38.5 Å². The van der Waals surface area contributed by atoms with Crippen LogP contribution in [-0.2, 0) is 10.8 Å². The van der Waals surface area contributed by atoms with Gasteiger partial charge in [-0.1, -0.05) is 274 Å². The van der Waals surface area contributed by atoms with E-state index in [2.05, 4.69) is 345 Å². The summed E-state index contributed by atoms with van der Waals surface area (Å²) < 4.78 is 1.15. The maximum absolute atomic E-state index is 3.55. The van der Waals surface area contributed by atoms with E-state index in [1.165, 1.54) is 89.0 Å². The third-order valence-corrected chi connectivity index (χ3v) is 16.6. The summed E-state index contributed by atoms with van der Waals surface area (Å²) in [4.78, 5) is 2.37. The predicted molar refractivity (Wildman–Crippen MR) is 348 cm³/mol. The lowest BCUT2D eigenvalue weighted by Crippen LogP contribution is -2.15. The maximum atomic E-state index is 3.55. The number of rotatable bonds is 9. The molecule has 0 atom stereocenters. The van der Waals surface area contributed by atoms with Gasteiger partial charge < -0.3 is 10.2 Å². The molecule has 12 aromatic rings. The Kier molecular flexibility index (Phi) is 14.8.